The monoisotopic (exact) mass is 249 g/mol. The molecule has 0 aromatic rings. The largest absolute Gasteiger partial charge is 0.381 e. The summed E-state index contributed by atoms with van der Waals surface area (Å²) in [6.07, 6.45) is 2.71. The Labute approximate surface area is 87.3 Å². The van der Waals surface area contributed by atoms with E-state index in [1.165, 1.54) is 0 Å². The summed E-state index contributed by atoms with van der Waals surface area (Å²) in [6, 6.07) is 0.313. The van der Waals surface area contributed by atoms with Gasteiger partial charge in [-0.05, 0) is 19.3 Å². The highest BCUT2D eigenvalue weighted by Gasteiger charge is 2.19. The molecular formula is C9H16BrNO2. The Morgan fingerprint density at radius 1 is 1.62 bits per heavy atom. The third kappa shape index (κ3) is 3.65. The van der Waals surface area contributed by atoms with Gasteiger partial charge >= 0.3 is 0 Å². The van der Waals surface area contributed by atoms with Gasteiger partial charge in [-0.2, -0.15) is 0 Å². The molecule has 0 radical (unpaired) electrons. The lowest BCUT2D eigenvalue weighted by atomic mass is 10.1. The Morgan fingerprint density at radius 3 is 2.77 bits per heavy atom. The molecule has 0 aliphatic carbocycles. The van der Waals surface area contributed by atoms with Crippen LogP contribution >= 0.6 is 15.9 Å². The lowest BCUT2D eigenvalue weighted by molar-refractivity contribution is -0.121. The predicted molar refractivity (Wildman–Crippen MR) is 55.0 cm³/mol. The molecule has 1 atom stereocenters. The van der Waals surface area contributed by atoms with Crippen LogP contribution in [0.1, 0.15) is 26.2 Å². The maximum Gasteiger partial charge on any atom is 0.233 e. The van der Waals surface area contributed by atoms with E-state index >= 15 is 0 Å². The van der Waals surface area contributed by atoms with Crippen LogP contribution in [0.4, 0.5) is 0 Å². The number of alkyl halides is 1. The molecule has 0 bridgehead atoms. The fourth-order valence-electron chi connectivity index (χ4n) is 1.32. The van der Waals surface area contributed by atoms with Crippen LogP contribution < -0.4 is 5.32 Å². The smallest absolute Gasteiger partial charge is 0.233 e. The van der Waals surface area contributed by atoms with E-state index in [4.69, 9.17) is 4.74 Å². The topological polar surface area (TPSA) is 38.3 Å². The number of halogens is 1. The molecule has 0 aromatic carbocycles. The van der Waals surface area contributed by atoms with Crippen molar-refractivity contribution >= 4 is 21.8 Å². The van der Waals surface area contributed by atoms with Gasteiger partial charge in [0.15, 0.2) is 0 Å². The zero-order valence-electron chi connectivity index (χ0n) is 7.88. The van der Waals surface area contributed by atoms with Crippen molar-refractivity contribution < 1.29 is 9.53 Å². The summed E-state index contributed by atoms with van der Waals surface area (Å²) < 4.78 is 5.21. The highest BCUT2D eigenvalue weighted by Crippen LogP contribution is 2.09. The van der Waals surface area contributed by atoms with Crippen LogP contribution in [0, 0.1) is 0 Å². The lowest BCUT2D eigenvalue weighted by Gasteiger charge is -2.24. The molecule has 1 aliphatic rings. The highest BCUT2D eigenvalue weighted by atomic mass is 79.9. The number of hydrogen-bond acceptors (Lipinski definition) is 2. The van der Waals surface area contributed by atoms with Crippen molar-refractivity contribution in [1.29, 1.82) is 0 Å². The van der Waals surface area contributed by atoms with Gasteiger partial charge in [-0.15, -0.1) is 0 Å². The van der Waals surface area contributed by atoms with Gasteiger partial charge in [0.05, 0.1) is 4.83 Å². The molecule has 1 rings (SSSR count). The molecule has 0 aromatic heterocycles. The average Bonchev–Trinajstić information content (AvgIpc) is 2.18. The first-order valence-electron chi connectivity index (χ1n) is 4.76. The van der Waals surface area contributed by atoms with E-state index in [2.05, 4.69) is 21.2 Å². The van der Waals surface area contributed by atoms with Gasteiger partial charge in [-0.1, -0.05) is 22.9 Å². The average molecular weight is 250 g/mol. The second-order valence-electron chi connectivity index (χ2n) is 3.27. The molecule has 1 aliphatic heterocycles. The van der Waals surface area contributed by atoms with E-state index in [1.54, 1.807) is 0 Å². The molecule has 76 valence electrons. The Morgan fingerprint density at radius 2 is 2.23 bits per heavy atom. The maximum atomic E-state index is 11.4. The standard InChI is InChI=1S/C9H16BrNO2/c1-2-8(10)9(12)11-7-3-5-13-6-4-7/h7-8H,2-6H2,1H3,(H,11,12). The molecule has 4 heteroatoms. The first kappa shape index (κ1) is 11.0. The minimum atomic E-state index is -0.0460. The Hall–Kier alpha value is -0.0900. The molecule has 13 heavy (non-hydrogen) atoms. The Bertz CT molecular complexity index is 169. The second-order valence-corrected chi connectivity index (χ2v) is 4.38. The first-order chi connectivity index (χ1) is 6.24. The minimum Gasteiger partial charge on any atom is -0.381 e. The summed E-state index contributed by atoms with van der Waals surface area (Å²) in [7, 11) is 0. The van der Waals surface area contributed by atoms with Crippen molar-refractivity contribution in [3.63, 3.8) is 0 Å². The van der Waals surface area contributed by atoms with E-state index in [0.29, 0.717) is 6.04 Å². The molecular weight excluding hydrogens is 234 g/mol. The van der Waals surface area contributed by atoms with Crippen molar-refractivity contribution in [3.8, 4) is 0 Å². The van der Waals surface area contributed by atoms with Crippen molar-refractivity contribution in [2.45, 2.75) is 37.1 Å². The maximum absolute atomic E-state index is 11.4. The van der Waals surface area contributed by atoms with Gasteiger partial charge in [-0.25, -0.2) is 0 Å². The summed E-state index contributed by atoms with van der Waals surface area (Å²) in [5, 5.41) is 3.00. The number of nitrogens with one attached hydrogen (secondary N) is 1. The van der Waals surface area contributed by atoms with E-state index in [1.807, 2.05) is 6.92 Å². The number of hydrogen-bond donors (Lipinski definition) is 1. The third-order valence-corrected chi connectivity index (χ3v) is 3.27. The summed E-state index contributed by atoms with van der Waals surface area (Å²) in [5.41, 5.74) is 0. The molecule has 3 nitrogen and oxygen atoms in total. The molecule has 1 saturated heterocycles. The summed E-state index contributed by atoms with van der Waals surface area (Å²) in [5.74, 6) is 0.106. The minimum absolute atomic E-state index is 0.0460. The summed E-state index contributed by atoms with van der Waals surface area (Å²) in [6.45, 7) is 3.52. The molecule has 1 unspecified atom stereocenters. The van der Waals surface area contributed by atoms with Gasteiger partial charge in [0.25, 0.3) is 0 Å². The molecule has 1 amide bonds. The van der Waals surface area contributed by atoms with Crippen LogP contribution in [-0.4, -0.2) is 30.0 Å². The Balaban J connectivity index is 2.26. The second kappa shape index (κ2) is 5.60. The third-order valence-electron chi connectivity index (χ3n) is 2.21. The van der Waals surface area contributed by atoms with E-state index in [9.17, 15) is 4.79 Å². The fourth-order valence-corrected chi connectivity index (χ4v) is 1.45. The number of rotatable bonds is 3. The van der Waals surface area contributed by atoms with Crippen molar-refractivity contribution in [2.75, 3.05) is 13.2 Å². The van der Waals surface area contributed by atoms with Gasteiger partial charge in [0, 0.05) is 19.3 Å². The van der Waals surface area contributed by atoms with Crippen LogP contribution in [0.15, 0.2) is 0 Å². The van der Waals surface area contributed by atoms with E-state index < -0.39 is 0 Å². The van der Waals surface area contributed by atoms with E-state index in [0.717, 1.165) is 32.5 Å². The molecule has 1 heterocycles. The van der Waals surface area contributed by atoms with Crippen molar-refractivity contribution in [1.82, 2.24) is 5.32 Å². The Kier molecular flexibility index (Phi) is 4.73. The van der Waals surface area contributed by atoms with Crippen LogP contribution in [0.25, 0.3) is 0 Å². The quantitative estimate of drug-likeness (QED) is 0.770. The SMILES string of the molecule is CCC(Br)C(=O)NC1CCOCC1. The van der Waals surface area contributed by atoms with E-state index in [-0.39, 0.29) is 10.7 Å². The summed E-state index contributed by atoms with van der Waals surface area (Å²) >= 11 is 3.33. The van der Waals surface area contributed by atoms with Crippen LogP contribution in [-0.2, 0) is 9.53 Å². The molecule has 1 N–H and O–H groups in total. The zero-order chi connectivity index (χ0) is 9.68. The zero-order valence-corrected chi connectivity index (χ0v) is 9.47. The van der Waals surface area contributed by atoms with Gasteiger partial charge in [0.1, 0.15) is 0 Å². The van der Waals surface area contributed by atoms with Gasteiger partial charge in [-0.3, -0.25) is 4.79 Å². The van der Waals surface area contributed by atoms with Crippen LogP contribution in [0.3, 0.4) is 0 Å². The highest BCUT2D eigenvalue weighted by molar-refractivity contribution is 9.10. The fraction of sp³-hybridized carbons (Fsp3) is 0.889. The van der Waals surface area contributed by atoms with Gasteiger partial charge < -0.3 is 10.1 Å². The molecule has 0 saturated carbocycles. The normalized spacial score (nSPS) is 21.1. The number of carbonyl (C=O) groups is 1. The van der Waals surface area contributed by atoms with Crippen molar-refractivity contribution in [2.24, 2.45) is 0 Å². The number of ether oxygens (including phenoxy) is 1. The number of carbonyl (C=O) groups excluding carboxylic acids is 1. The van der Waals surface area contributed by atoms with Gasteiger partial charge in [0.2, 0.25) is 5.91 Å². The molecule has 1 fully saturated rings. The number of amides is 1. The van der Waals surface area contributed by atoms with Crippen LogP contribution in [0.2, 0.25) is 0 Å². The first-order valence-corrected chi connectivity index (χ1v) is 5.67. The molecule has 0 spiro atoms. The van der Waals surface area contributed by atoms with Crippen molar-refractivity contribution in [3.05, 3.63) is 0 Å². The summed E-state index contributed by atoms with van der Waals surface area (Å²) in [4.78, 5) is 11.4. The van der Waals surface area contributed by atoms with Crippen LogP contribution in [0.5, 0.6) is 0 Å². The predicted octanol–water partition coefficient (Wildman–Crippen LogP) is 1.46. The lowest BCUT2D eigenvalue weighted by Crippen LogP contribution is -2.42.